The zero-order valence-corrected chi connectivity index (χ0v) is 10.6. The predicted molar refractivity (Wildman–Crippen MR) is 60.4 cm³/mol. The Kier molecular flexibility index (Phi) is 4.49. The third-order valence-electron chi connectivity index (χ3n) is 1.60. The third kappa shape index (κ3) is 3.11. The predicted octanol–water partition coefficient (Wildman–Crippen LogP) is 3.78. The van der Waals surface area contributed by atoms with Gasteiger partial charge >= 0.3 is 0 Å². The SMILES string of the molecule is CCC(C)Sc1ncnc(Cl)c1Br. The molecule has 13 heavy (non-hydrogen) atoms. The van der Waals surface area contributed by atoms with Crippen LogP contribution in [0, 0.1) is 0 Å². The lowest BCUT2D eigenvalue weighted by Gasteiger charge is -2.08. The van der Waals surface area contributed by atoms with Crippen LogP contribution in [0.15, 0.2) is 15.8 Å². The molecule has 1 aromatic heterocycles. The van der Waals surface area contributed by atoms with Gasteiger partial charge in [0, 0.05) is 5.25 Å². The number of nitrogens with zero attached hydrogens (tertiary/aromatic N) is 2. The molecule has 0 saturated heterocycles. The fourth-order valence-electron chi connectivity index (χ4n) is 0.690. The normalized spacial score (nSPS) is 12.9. The highest BCUT2D eigenvalue weighted by Crippen LogP contribution is 2.32. The summed E-state index contributed by atoms with van der Waals surface area (Å²) >= 11 is 10.9. The van der Waals surface area contributed by atoms with E-state index >= 15 is 0 Å². The van der Waals surface area contributed by atoms with Gasteiger partial charge in [0.15, 0.2) is 0 Å². The van der Waals surface area contributed by atoms with E-state index in [-0.39, 0.29) is 0 Å². The summed E-state index contributed by atoms with van der Waals surface area (Å²) < 4.78 is 0.793. The summed E-state index contributed by atoms with van der Waals surface area (Å²) in [6, 6.07) is 0. The molecule has 0 spiro atoms. The Hall–Kier alpha value is 0.200. The molecular weight excluding hydrogens is 272 g/mol. The summed E-state index contributed by atoms with van der Waals surface area (Å²) in [5.41, 5.74) is 0. The molecule has 0 bridgehead atoms. The highest BCUT2D eigenvalue weighted by molar-refractivity contribution is 9.10. The van der Waals surface area contributed by atoms with E-state index in [9.17, 15) is 0 Å². The van der Waals surface area contributed by atoms with Gasteiger partial charge in [0.25, 0.3) is 0 Å². The summed E-state index contributed by atoms with van der Waals surface area (Å²) in [6.45, 7) is 4.31. The molecule has 0 N–H and O–H groups in total. The van der Waals surface area contributed by atoms with Crippen LogP contribution in [0.2, 0.25) is 5.15 Å². The van der Waals surface area contributed by atoms with Gasteiger partial charge in [0.1, 0.15) is 16.5 Å². The highest BCUT2D eigenvalue weighted by Gasteiger charge is 2.09. The van der Waals surface area contributed by atoms with Crippen molar-refractivity contribution in [3.8, 4) is 0 Å². The van der Waals surface area contributed by atoms with E-state index in [4.69, 9.17) is 11.6 Å². The van der Waals surface area contributed by atoms with E-state index in [1.807, 2.05) is 0 Å². The Balaban J connectivity index is 2.83. The van der Waals surface area contributed by atoms with Crippen LogP contribution in [0.3, 0.4) is 0 Å². The Labute approximate surface area is 95.6 Å². The van der Waals surface area contributed by atoms with Crippen LogP contribution in [0.4, 0.5) is 0 Å². The molecule has 0 saturated carbocycles. The summed E-state index contributed by atoms with van der Waals surface area (Å²) in [6.07, 6.45) is 2.59. The number of rotatable bonds is 3. The summed E-state index contributed by atoms with van der Waals surface area (Å²) in [4.78, 5) is 8.01. The average Bonchev–Trinajstić information content (AvgIpc) is 2.13. The van der Waals surface area contributed by atoms with E-state index in [0.29, 0.717) is 10.4 Å². The largest absolute Gasteiger partial charge is 0.229 e. The van der Waals surface area contributed by atoms with Crippen LogP contribution in [0.25, 0.3) is 0 Å². The summed E-state index contributed by atoms with van der Waals surface area (Å²) in [5.74, 6) is 0. The second-order valence-corrected chi connectivity index (χ2v) is 5.20. The van der Waals surface area contributed by atoms with Crippen LogP contribution < -0.4 is 0 Å². The van der Waals surface area contributed by atoms with Crippen molar-refractivity contribution in [2.24, 2.45) is 0 Å². The fourth-order valence-corrected chi connectivity index (χ4v) is 2.22. The fraction of sp³-hybridized carbons (Fsp3) is 0.500. The highest BCUT2D eigenvalue weighted by atomic mass is 79.9. The van der Waals surface area contributed by atoms with Crippen molar-refractivity contribution in [3.05, 3.63) is 16.0 Å². The molecule has 0 fully saturated rings. The topological polar surface area (TPSA) is 25.8 Å². The van der Waals surface area contributed by atoms with Crippen molar-refractivity contribution >= 4 is 39.3 Å². The number of hydrogen-bond donors (Lipinski definition) is 0. The average molecular weight is 282 g/mol. The molecule has 2 nitrogen and oxygen atoms in total. The number of hydrogen-bond acceptors (Lipinski definition) is 3. The first-order valence-corrected chi connectivity index (χ1v) is 6.02. The van der Waals surface area contributed by atoms with Crippen molar-refractivity contribution in [1.29, 1.82) is 0 Å². The molecule has 1 heterocycles. The van der Waals surface area contributed by atoms with E-state index in [1.54, 1.807) is 11.8 Å². The molecule has 1 atom stereocenters. The summed E-state index contributed by atoms with van der Waals surface area (Å²) in [7, 11) is 0. The zero-order valence-electron chi connectivity index (χ0n) is 7.42. The monoisotopic (exact) mass is 280 g/mol. The first kappa shape index (κ1) is 11.3. The standard InChI is InChI=1S/C8H10BrClN2S/c1-3-5(2)13-8-6(9)7(10)11-4-12-8/h4-5H,3H2,1-2H3. The number of halogens is 2. The third-order valence-corrected chi connectivity index (χ3v) is 4.40. The minimum absolute atomic E-state index is 0.473. The maximum Gasteiger partial charge on any atom is 0.147 e. The molecule has 1 rings (SSSR count). The molecule has 0 amide bonds. The Morgan fingerprint density at radius 3 is 2.92 bits per heavy atom. The molecule has 0 aliphatic carbocycles. The summed E-state index contributed by atoms with van der Waals surface area (Å²) in [5, 5.41) is 1.93. The number of aromatic nitrogens is 2. The second-order valence-electron chi connectivity index (χ2n) is 2.62. The van der Waals surface area contributed by atoms with Crippen LogP contribution in [0.1, 0.15) is 20.3 Å². The van der Waals surface area contributed by atoms with Gasteiger partial charge in [-0.05, 0) is 22.4 Å². The molecule has 1 aromatic rings. The van der Waals surface area contributed by atoms with Crippen LogP contribution in [-0.4, -0.2) is 15.2 Å². The van der Waals surface area contributed by atoms with Crippen LogP contribution >= 0.6 is 39.3 Å². The minimum Gasteiger partial charge on any atom is -0.229 e. The maximum absolute atomic E-state index is 5.83. The van der Waals surface area contributed by atoms with E-state index in [0.717, 1.165) is 15.9 Å². The molecule has 72 valence electrons. The van der Waals surface area contributed by atoms with Crippen molar-refractivity contribution in [1.82, 2.24) is 9.97 Å². The van der Waals surface area contributed by atoms with E-state index in [1.165, 1.54) is 6.33 Å². The lowest BCUT2D eigenvalue weighted by molar-refractivity contribution is 0.897. The Morgan fingerprint density at radius 2 is 2.31 bits per heavy atom. The molecule has 1 unspecified atom stereocenters. The van der Waals surface area contributed by atoms with Crippen LogP contribution in [0.5, 0.6) is 0 Å². The van der Waals surface area contributed by atoms with Gasteiger partial charge in [0.05, 0.1) is 4.47 Å². The van der Waals surface area contributed by atoms with Gasteiger partial charge in [-0.15, -0.1) is 11.8 Å². The van der Waals surface area contributed by atoms with Crippen molar-refractivity contribution in [2.75, 3.05) is 0 Å². The Morgan fingerprint density at radius 1 is 1.62 bits per heavy atom. The molecule has 0 radical (unpaired) electrons. The van der Waals surface area contributed by atoms with Crippen molar-refractivity contribution in [2.45, 2.75) is 30.5 Å². The minimum atomic E-state index is 0.473. The smallest absolute Gasteiger partial charge is 0.147 e. The molecule has 0 aromatic carbocycles. The Bertz CT molecular complexity index is 295. The van der Waals surface area contributed by atoms with Gasteiger partial charge in [-0.2, -0.15) is 0 Å². The quantitative estimate of drug-likeness (QED) is 0.623. The van der Waals surface area contributed by atoms with Crippen LogP contribution in [-0.2, 0) is 0 Å². The lowest BCUT2D eigenvalue weighted by atomic mass is 10.4. The van der Waals surface area contributed by atoms with Gasteiger partial charge in [-0.25, -0.2) is 9.97 Å². The first-order chi connectivity index (χ1) is 6.15. The van der Waals surface area contributed by atoms with E-state index in [2.05, 4.69) is 39.7 Å². The molecule has 0 aliphatic rings. The van der Waals surface area contributed by atoms with Gasteiger partial charge in [0.2, 0.25) is 0 Å². The second kappa shape index (κ2) is 5.17. The molecular formula is C8H10BrClN2S. The maximum atomic E-state index is 5.83. The van der Waals surface area contributed by atoms with Crippen molar-refractivity contribution in [3.63, 3.8) is 0 Å². The van der Waals surface area contributed by atoms with Gasteiger partial charge in [-0.1, -0.05) is 25.4 Å². The van der Waals surface area contributed by atoms with Gasteiger partial charge < -0.3 is 0 Å². The molecule has 5 heteroatoms. The zero-order chi connectivity index (χ0) is 9.84. The van der Waals surface area contributed by atoms with E-state index < -0.39 is 0 Å². The van der Waals surface area contributed by atoms with Gasteiger partial charge in [-0.3, -0.25) is 0 Å². The first-order valence-electron chi connectivity index (χ1n) is 3.97. The molecule has 0 aliphatic heterocycles. The van der Waals surface area contributed by atoms with Crippen molar-refractivity contribution < 1.29 is 0 Å². The number of thioether (sulfide) groups is 1. The lowest BCUT2D eigenvalue weighted by Crippen LogP contribution is -1.95.